The summed E-state index contributed by atoms with van der Waals surface area (Å²) in [7, 11) is 1.67. The van der Waals surface area contributed by atoms with Crippen LogP contribution in [0.5, 0.6) is 0 Å². The molecule has 1 amide bonds. The van der Waals surface area contributed by atoms with E-state index in [1.165, 1.54) is 11.9 Å². The summed E-state index contributed by atoms with van der Waals surface area (Å²) in [4.78, 5) is 20.4. The van der Waals surface area contributed by atoms with Crippen LogP contribution < -0.4 is 10.6 Å². The number of methoxy groups -OCH3 is 1. The predicted molar refractivity (Wildman–Crippen MR) is 90.8 cm³/mol. The normalized spacial score (nSPS) is 10.3. The average molecular weight is 314 g/mol. The molecule has 2 N–H and O–H groups in total. The number of hydrogen-bond donors (Lipinski definition) is 2. The molecule has 0 spiro atoms. The van der Waals surface area contributed by atoms with E-state index in [2.05, 4.69) is 27.5 Å². The first-order chi connectivity index (χ1) is 11.2. The lowest BCUT2D eigenvalue weighted by Gasteiger charge is -2.08. The molecule has 0 fully saturated rings. The third-order valence-corrected chi connectivity index (χ3v) is 3.35. The molecule has 2 aromatic rings. The van der Waals surface area contributed by atoms with Crippen LogP contribution in [0.1, 0.15) is 29.4 Å². The van der Waals surface area contributed by atoms with E-state index in [1.54, 1.807) is 13.2 Å². The van der Waals surface area contributed by atoms with Crippen LogP contribution >= 0.6 is 0 Å². The molecule has 23 heavy (non-hydrogen) atoms. The van der Waals surface area contributed by atoms with Crippen LogP contribution in [0.2, 0.25) is 0 Å². The summed E-state index contributed by atoms with van der Waals surface area (Å²) in [6.45, 7) is 3.50. The SMILES string of the molecule is CCc1ccc(NC(=O)c2cc(NCCCOC)ncn2)cc1. The summed E-state index contributed by atoms with van der Waals surface area (Å²) >= 11 is 0. The van der Waals surface area contributed by atoms with Crippen LogP contribution in [0.25, 0.3) is 0 Å². The van der Waals surface area contributed by atoms with E-state index in [4.69, 9.17) is 4.74 Å². The third-order valence-electron chi connectivity index (χ3n) is 3.35. The van der Waals surface area contributed by atoms with Crippen molar-refractivity contribution in [2.24, 2.45) is 0 Å². The third kappa shape index (κ3) is 5.34. The van der Waals surface area contributed by atoms with Gasteiger partial charge in [0.2, 0.25) is 0 Å². The summed E-state index contributed by atoms with van der Waals surface area (Å²) in [5, 5.41) is 5.98. The van der Waals surface area contributed by atoms with Gasteiger partial charge in [-0.25, -0.2) is 9.97 Å². The zero-order valence-corrected chi connectivity index (χ0v) is 13.5. The Morgan fingerprint density at radius 1 is 1.22 bits per heavy atom. The summed E-state index contributed by atoms with van der Waals surface area (Å²) < 4.78 is 4.99. The van der Waals surface area contributed by atoms with Crippen molar-refractivity contribution in [1.29, 1.82) is 0 Å². The van der Waals surface area contributed by atoms with Crippen molar-refractivity contribution in [2.45, 2.75) is 19.8 Å². The molecule has 0 aliphatic rings. The second-order valence-corrected chi connectivity index (χ2v) is 5.07. The Hall–Kier alpha value is -2.47. The van der Waals surface area contributed by atoms with Gasteiger partial charge in [0.05, 0.1) is 0 Å². The highest BCUT2D eigenvalue weighted by molar-refractivity contribution is 6.03. The molecule has 0 aliphatic heterocycles. The molecule has 0 aliphatic carbocycles. The van der Waals surface area contributed by atoms with Crippen LogP contribution in [0.4, 0.5) is 11.5 Å². The lowest BCUT2D eigenvalue weighted by Crippen LogP contribution is -2.15. The highest BCUT2D eigenvalue weighted by Crippen LogP contribution is 2.12. The summed E-state index contributed by atoms with van der Waals surface area (Å²) in [6.07, 6.45) is 3.22. The number of nitrogens with one attached hydrogen (secondary N) is 2. The number of ether oxygens (including phenoxy) is 1. The maximum Gasteiger partial charge on any atom is 0.274 e. The van der Waals surface area contributed by atoms with Gasteiger partial charge in [0.1, 0.15) is 17.8 Å². The predicted octanol–water partition coefficient (Wildman–Crippen LogP) is 2.74. The smallest absolute Gasteiger partial charge is 0.274 e. The quantitative estimate of drug-likeness (QED) is 0.733. The molecule has 1 aromatic carbocycles. The Bertz CT molecular complexity index is 629. The second kappa shape index (κ2) is 8.85. The van der Waals surface area contributed by atoms with Gasteiger partial charge in [-0.3, -0.25) is 4.79 Å². The Balaban J connectivity index is 1.95. The molecule has 0 unspecified atom stereocenters. The maximum absolute atomic E-state index is 12.2. The number of nitrogens with zero attached hydrogens (tertiary/aromatic N) is 2. The number of benzene rings is 1. The molecule has 0 radical (unpaired) electrons. The molecule has 122 valence electrons. The number of aromatic nitrogens is 2. The highest BCUT2D eigenvalue weighted by Gasteiger charge is 2.09. The van der Waals surface area contributed by atoms with Gasteiger partial charge in [0.15, 0.2) is 0 Å². The first-order valence-corrected chi connectivity index (χ1v) is 7.68. The van der Waals surface area contributed by atoms with E-state index < -0.39 is 0 Å². The summed E-state index contributed by atoms with van der Waals surface area (Å²) in [5.74, 6) is 0.374. The Morgan fingerprint density at radius 3 is 2.70 bits per heavy atom. The van der Waals surface area contributed by atoms with Crippen LogP contribution in [-0.2, 0) is 11.2 Å². The molecule has 2 rings (SSSR count). The molecule has 1 heterocycles. The fraction of sp³-hybridized carbons (Fsp3) is 0.353. The molecule has 6 nitrogen and oxygen atoms in total. The topological polar surface area (TPSA) is 76.1 Å². The molecular formula is C17H22N4O2. The molecule has 0 saturated heterocycles. The Morgan fingerprint density at radius 2 is 2.00 bits per heavy atom. The van der Waals surface area contributed by atoms with Gasteiger partial charge in [-0.2, -0.15) is 0 Å². The van der Waals surface area contributed by atoms with Gasteiger partial charge in [-0.05, 0) is 30.5 Å². The number of amides is 1. The van der Waals surface area contributed by atoms with Crippen molar-refractivity contribution in [3.05, 3.63) is 47.9 Å². The minimum atomic E-state index is -0.253. The molecular weight excluding hydrogens is 292 g/mol. The van der Waals surface area contributed by atoms with Crippen molar-refractivity contribution in [3.63, 3.8) is 0 Å². The van der Waals surface area contributed by atoms with Gasteiger partial charge in [0, 0.05) is 32.0 Å². The number of anilines is 2. The van der Waals surface area contributed by atoms with Crippen molar-refractivity contribution in [1.82, 2.24) is 9.97 Å². The summed E-state index contributed by atoms with van der Waals surface area (Å²) in [6, 6.07) is 9.42. The lowest BCUT2D eigenvalue weighted by atomic mass is 10.1. The van der Waals surface area contributed by atoms with Gasteiger partial charge in [-0.1, -0.05) is 19.1 Å². The number of carbonyl (C=O) groups excluding carboxylic acids is 1. The Labute approximate surface area is 136 Å². The first kappa shape index (κ1) is 16.9. The zero-order chi connectivity index (χ0) is 16.5. The van der Waals surface area contributed by atoms with Gasteiger partial charge >= 0.3 is 0 Å². The maximum atomic E-state index is 12.2. The number of aryl methyl sites for hydroxylation is 1. The largest absolute Gasteiger partial charge is 0.385 e. The second-order valence-electron chi connectivity index (χ2n) is 5.07. The van der Waals surface area contributed by atoms with Crippen LogP contribution in [0.15, 0.2) is 36.7 Å². The number of carbonyl (C=O) groups is 1. The van der Waals surface area contributed by atoms with Crippen LogP contribution in [0, 0.1) is 0 Å². The van der Waals surface area contributed by atoms with E-state index in [1.807, 2.05) is 24.3 Å². The monoisotopic (exact) mass is 314 g/mol. The van der Waals surface area contributed by atoms with Crippen molar-refractivity contribution >= 4 is 17.4 Å². The van der Waals surface area contributed by atoms with E-state index in [0.717, 1.165) is 25.1 Å². The molecule has 0 saturated carbocycles. The van der Waals surface area contributed by atoms with Gasteiger partial charge < -0.3 is 15.4 Å². The fourth-order valence-corrected chi connectivity index (χ4v) is 2.03. The first-order valence-electron chi connectivity index (χ1n) is 7.68. The van der Waals surface area contributed by atoms with Crippen LogP contribution in [-0.4, -0.2) is 36.1 Å². The number of hydrogen-bond acceptors (Lipinski definition) is 5. The van der Waals surface area contributed by atoms with Gasteiger partial charge in [0.25, 0.3) is 5.91 Å². The average Bonchev–Trinajstić information content (AvgIpc) is 2.60. The standard InChI is InChI=1S/C17H22N4O2/c1-3-13-5-7-14(8-6-13)21-17(22)15-11-16(20-12-19-15)18-9-4-10-23-2/h5-8,11-12H,3-4,9-10H2,1-2H3,(H,21,22)(H,18,19,20). The van der Waals surface area contributed by atoms with Crippen molar-refractivity contribution in [3.8, 4) is 0 Å². The lowest BCUT2D eigenvalue weighted by molar-refractivity contribution is 0.102. The zero-order valence-electron chi connectivity index (χ0n) is 13.5. The molecule has 0 bridgehead atoms. The summed E-state index contributed by atoms with van der Waals surface area (Å²) in [5.41, 5.74) is 2.31. The van der Waals surface area contributed by atoms with Crippen molar-refractivity contribution in [2.75, 3.05) is 30.9 Å². The van der Waals surface area contributed by atoms with Crippen molar-refractivity contribution < 1.29 is 9.53 Å². The number of rotatable bonds is 8. The highest BCUT2D eigenvalue weighted by atomic mass is 16.5. The molecule has 0 atom stereocenters. The van der Waals surface area contributed by atoms with Gasteiger partial charge in [-0.15, -0.1) is 0 Å². The Kier molecular flexibility index (Phi) is 6.50. The minimum absolute atomic E-state index is 0.253. The fourth-order valence-electron chi connectivity index (χ4n) is 2.03. The van der Waals surface area contributed by atoms with E-state index >= 15 is 0 Å². The molecule has 6 heteroatoms. The van der Waals surface area contributed by atoms with E-state index in [9.17, 15) is 4.79 Å². The van der Waals surface area contributed by atoms with E-state index in [0.29, 0.717) is 18.1 Å². The minimum Gasteiger partial charge on any atom is -0.385 e. The van der Waals surface area contributed by atoms with E-state index in [-0.39, 0.29) is 5.91 Å². The molecule has 1 aromatic heterocycles. The van der Waals surface area contributed by atoms with Crippen LogP contribution in [0.3, 0.4) is 0 Å².